The van der Waals surface area contributed by atoms with Crippen LogP contribution < -0.4 is 10.1 Å². The van der Waals surface area contributed by atoms with Gasteiger partial charge in [0.25, 0.3) is 5.91 Å². The topological polar surface area (TPSA) is 58.6 Å². The summed E-state index contributed by atoms with van der Waals surface area (Å²) in [6.07, 6.45) is 0.397. The van der Waals surface area contributed by atoms with Crippen molar-refractivity contribution in [2.24, 2.45) is 0 Å². The van der Waals surface area contributed by atoms with Crippen molar-refractivity contribution in [1.29, 1.82) is 0 Å². The Balaban J connectivity index is 1.62. The lowest BCUT2D eigenvalue weighted by Crippen LogP contribution is -2.51. The average molecular weight is 531 g/mol. The second-order valence-corrected chi connectivity index (χ2v) is 9.15. The summed E-state index contributed by atoms with van der Waals surface area (Å²) < 4.78 is 6.92. The van der Waals surface area contributed by atoms with Crippen LogP contribution >= 0.6 is 15.9 Å². The highest BCUT2D eigenvalue weighted by Gasteiger charge is 2.30. The number of carbonyl (C=O) groups excluding carboxylic acids is 2. The van der Waals surface area contributed by atoms with Gasteiger partial charge in [0.05, 0.1) is 0 Å². The molecule has 2 amide bonds. The van der Waals surface area contributed by atoms with E-state index in [4.69, 9.17) is 4.74 Å². The van der Waals surface area contributed by atoms with E-state index in [1.54, 1.807) is 11.9 Å². The summed E-state index contributed by atoms with van der Waals surface area (Å²) in [5.41, 5.74) is 1.89. The van der Waals surface area contributed by atoms with Crippen molar-refractivity contribution >= 4 is 38.5 Å². The molecule has 0 heterocycles. The number of halogens is 1. The van der Waals surface area contributed by atoms with E-state index >= 15 is 0 Å². The van der Waals surface area contributed by atoms with Crippen molar-refractivity contribution in [3.8, 4) is 5.75 Å². The molecule has 35 heavy (non-hydrogen) atoms. The molecule has 0 bridgehead atoms. The zero-order valence-electron chi connectivity index (χ0n) is 19.5. The number of rotatable bonds is 9. The predicted molar refractivity (Wildman–Crippen MR) is 142 cm³/mol. The van der Waals surface area contributed by atoms with Crippen LogP contribution in [0.25, 0.3) is 10.8 Å². The molecule has 0 aromatic heterocycles. The van der Waals surface area contributed by atoms with E-state index < -0.39 is 6.04 Å². The predicted octanol–water partition coefficient (Wildman–Crippen LogP) is 5.37. The number of hydrogen-bond donors (Lipinski definition) is 1. The number of carbonyl (C=O) groups is 2. The Bertz CT molecular complexity index is 1300. The van der Waals surface area contributed by atoms with E-state index in [9.17, 15) is 9.59 Å². The number of amides is 2. The molecule has 178 valence electrons. The van der Waals surface area contributed by atoms with Gasteiger partial charge in [-0.1, -0.05) is 94.8 Å². The van der Waals surface area contributed by atoms with E-state index in [0.717, 1.165) is 26.4 Å². The van der Waals surface area contributed by atoms with Gasteiger partial charge in [0.15, 0.2) is 6.61 Å². The third-order valence-electron chi connectivity index (χ3n) is 5.86. The van der Waals surface area contributed by atoms with Crippen LogP contribution in [-0.4, -0.2) is 36.4 Å². The van der Waals surface area contributed by atoms with Gasteiger partial charge in [-0.3, -0.25) is 9.59 Å². The third-order valence-corrected chi connectivity index (χ3v) is 6.35. The molecule has 4 aromatic carbocycles. The van der Waals surface area contributed by atoms with Crippen molar-refractivity contribution in [1.82, 2.24) is 10.2 Å². The fourth-order valence-electron chi connectivity index (χ4n) is 4.10. The Kier molecular flexibility index (Phi) is 8.16. The van der Waals surface area contributed by atoms with Crippen LogP contribution in [0.5, 0.6) is 5.75 Å². The highest BCUT2D eigenvalue weighted by atomic mass is 79.9. The van der Waals surface area contributed by atoms with Crippen LogP contribution in [0.4, 0.5) is 0 Å². The van der Waals surface area contributed by atoms with Crippen molar-refractivity contribution in [2.75, 3.05) is 13.7 Å². The van der Waals surface area contributed by atoms with Gasteiger partial charge in [0.2, 0.25) is 5.91 Å². The standard InChI is InChI=1S/C29H27BrN2O3/c1-31-29(34)26(18-21-9-3-2-4-10-21)32(19-22-11-7-14-24(30)17-22)28(33)20-35-27-16-8-13-23-12-5-6-15-25(23)27/h2-17,26H,18-20H2,1H3,(H,31,34)/t26-/m1/s1. The number of benzene rings is 4. The fraction of sp³-hybridized carbons (Fsp3) is 0.172. The maximum absolute atomic E-state index is 13.6. The molecule has 4 rings (SSSR count). The minimum atomic E-state index is -0.690. The highest BCUT2D eigenvalue weighted by molar-refractivity contribution is 9.10. The van der Waals surface area contributed by atoms with Crippen molar-refractivity contribution < 1.29 is 14.3 Å². The van der Waals surface area contributed by atoms with Crippen molar-refractivity contribution in [3.05, 3.63) is 113 Å². The highest BCUT2D eigenvalue weighted by Crippen LogP contribution is 2.25. The smallest absolute Gasteiger partial charge is 0.261 e. The lowest BCUT2D eigenvalue weighted by Gasteiger charge is -2.31. The lowest BCUT2D eigenvalue weighted by molar-refractivity contribution is -0.142. The summed E-state index contributed by atoms with van der Waals surface area (Å²) in [6.45, 7) is 0.104. The molecule has 0 radical (unpaired) electrons. The van der Waals surface area contributed by atoms with Crippen LogP contribution in [0, 0.1) is 0 Å². The van der Waals surface area contributed by atoms with E-state index in [2.05, 4.69) is 21.2 Å². The summed E-state index contributed by atoms with van der Waals surface area (Å²) in [7, 11) is 1.59. The van der Waals surface area contributed by atoms with Crippen LogP contribution in [0.1, 0.15) is 11.1 Å². The van der Waals surface area contributed by atoms with Crippen LogP contribution in [0.3, 0.4) is 0 Å². The molecule has 0 unspecified atom stereocenters. The van der Waals surface area contributed by atoms with Gasteiger partial charge >= 0.3 is 0 Å². The number of hydrogen-bond acceptors (Lipinski definition) is 3. The van der Waals surface area contributed by atoms with Crippen LogP contribution in [-0.2, 0) is 22.6 Å². The summed E-state index contributed by atoms with van der Waals surface area (Å²) in [5, 5.41) is 4.71. The van der Waals surface area contributed by atoms with Gasteiger partial charge in [-0.05, 0) is 34.7 Å². The summed E-state index contributed by atoms with van der Waals surface area (Å²) in [4.78, 5) is 28.2. The Morgan fingerprint density at radius 1 is 0.886 bits per heavy atom. The molecule has 1 atom stereocenters. The minimum absolute atomic E-state index is 0.176. The maximum Gasteiger partial charge on any atom is 0.261 e. The Morgan fingerprint density at radius 3 is 2.34 bits per heavy atom. The normalized spacial score (nSPS) is 11.6. The van der Waals surface area contributed by atoms with Crippen LogP contribution in [0.2, 0.25) is 0 Å². The van der Waals surface area contributed by atoms with Gasteiger partial charge in [0.1, 0.15) is 11.8 Å². The molecule has 1 N–H and O–H groups in total. The molecule has 0 aliphatic heterocycles. The van der Waals surface area contributed by atoms with Crippen molar-refractivity contribution in [2.45, 2.75) is 19.0 Å². The first kappa shape index (κ1) is 24.5. The van der Waals surface area contributed by atoms with Gasteiger partial charge in [-0.15, -0.1) is 0 Å². The molecule has 0 saturated heterocycles. The van der Waals surface area contributed by atoms with Gasteiger partial charge < -0.3 is 15.0 Å². The van der Waals surface area contributed by atoms with Crippen LogP contribution in [0.15, 0.2) is 102 Å². The number of nitrogens with one attached hydrogen (secondary N) is 1. The van der Waals surface area contributed by atoms with Gasteiger partial charge in [-0.25, -0.2) is 0 Å². The summed E-state index contributed by atoms with van der Waals surface area (Å²) in [6, 6.07) is 30.4. The molecule has 4 aromatic rings. The van der Waals surface area contributed by atoms with E-state index in [-0.39, 0.29) is 25.0 Å². The monoisotopic (exact) mass is 530 g/mol. The number of ether oxygens (including phenoxy) is 1. The fourth-order valence-corrected chi connectivity index (χ4v) is 4.54. The molecule has 5 nitrogen and oxygen atoms in total. The van der Waals surface area contributed by atoms with E-state index in [0.29, 0.717) is 12.2 Å². The van der Waals surface area contributed by atoms with Gasteiger partial charge in [0, 0.05) is 29.9 Å². The average Bonchev–Trinajstić information content (AvgIpc) is 2.89. The maximum atomic E-state index is 13.6. The Hall–Kier alpha value is -3.64. The summed E-state index contributed by atoms with van der Waals surface area (Å²) in [5.74, 6) is 0.156. The third kappa shape index (κ3) is 6.28. The first-order valence-electron chi connectivity index (χ1n) is 11.4. The lowest BCUT2D eigenvalue weighted by atomic mass is 10.0. The molecular formula is C29H27BrN2O3. The molecule has 0 aliphatic carbocycles. The van der Waals surface area contributed by atoms with E-state index in [1.165, 1.54) is 0 Å². The molecule has 0 fully saturated rings. The Morgan fingerprint density at radius 2 is 1.57 bits per heavy atom. The number of fused-ring (bicyclic) bond motifs is 1. The second-order valence-electron chi connectivity index (χ2n) is 8.24. The number of likely N-dealkylation sites (N-methyl/N-ethyl adjacent to an activating group) is 1. The molecule has 0 spiro atoms. The molecule has 0 aliphatic rings. The molecule has 6 heteroatoms. The first-order valence-corrected chi connectivity index (χ1v) is 12.2. The summed E-state index contributed by atoms with van der Waals surface area (Å²) >= 11 is 3.50. The zero-order valence-corrected chi connectivity index (χ0v) is 21.1. The zero-order chi connectivity index (χ0) is 24.6. The number of nitrogens with zero attached hydrogens (tertiary/aromatic N) is 1. The first-order chi connectivity index (χ1) is 17.0. The quantitative estimate of drug-likeness (QED) is 0.316. The SMILES string of the molecule is CNC(=O)[C@@H](Cc1ccccc1)N(Cc1cccc(Br)c1)C(=O)COc1cccc2ccccc12. The molecule has 0 saturated carbocycles. The molecular weight excluding hydrogens is 504 g/mol. The van der Waals surface area contributed by atoms with Gasteiger partial charge in [-0.2, -0.15) is 0 Å². The van der Waals surface area contributed by atoms with Crippen molar-refractivity contribution in [3.63, 3.8) is 0 Å². The minimum Gasteiger partial charge on any atom is -0.483 e. The van der Waals surface area contributed by atoms with E-state index in [1.807, 2.05) is 97.1 Å². The Labute approximate surface area is 213 Å². The second kappa shape index (κ2) is 11.7. The largest absolute Gasteiger partial charge is 0.483 e.